The number of aryl methyl sites for hydroxylation is 1. The molecule has 4 nitrogen and oxygen atoms in total. The minimum Gasteiger partial charge on any atom is -0.372 e. The van der Waals surface area contributed by atoms with E-state index in [1.165, 1.54) is 17.7 Å². The Morgan fingerprint density at radius 2 is 2.24 bits per heavy atom. The predicted molar refractivity (Wildman–Crippen MR) is 85.5 cm³/mol. The molecular formula is C17H18N4. The zero-order valence-corrected chi connectivity index (χ0v) is 12.1. The summed E-state index contributed by atoms with van der Waals surface area (Å²) in [6, 6.07) is 10.6. The van der Waals surface area contributed by atoms with E-state index in [0.29, 0.717) is 0 Å². The van der Waals surface area contributed by atoms with Gasteiger partial charge in [0.1, 0.15) is 5.82 Å². The maximum Gasteiger partial charge on any atom is 0.178 e. The molecule has 4 rings (SSSR count). The second-order valence-corrected chi connectivity index (χ2v) is 5.49. The van der Waals surface area contributed by atoms with Gasteiger partial charge in [0.25, 0.3) is 0 Å². The van der Waals surface area contributed by atoms with Crippen molar-refractivity contribution in [2.24, 2.45) is 0 Å². The first-order valence-corrected chi connectivity index (χ1v) is 7.54. The Hall–Kier alpha value is -2.36. The van der Waals surface area contributed by atoms with Crippen LogP contribution in [-0.4, -0.2) is 28.0 Å². The second kappa shape index (κ2) is 4.88. The van der Waals surface area contributed by atoms with Gasteiger partial charge in [0.2, 0.25) is 0 Å². The van der Waals surface area contributed by atoms with Gasteiger partial charge in [-0.25, -0.2) is 9.97 Å². The third-order valence-corrected chi connectivity index (χ3v) is 4.21. The van der Waals surface area contributed by atoms with E-state index in [4.69, 9.17) is 0 Å². The molecule has 0 atom stereocenters. The zero-order chi connectivity index (χ0) is 14.2. The zero-order valence-electron chi connectivity index (χ0n) is 12.1. The summed E-state index contributed by atoms with van der Waals surface area (Å²) in [5, 5.41) is 0. The van der Waals surface area contributed by atoms with Crippen molar-refractivity contribution >= 4 is 16.9 Å². The van der Waals surface area contributed by atoms with E-state index in [2.05, 4.69) is 45.0 Å². The van der Waals surface area contributed by atoms with Crippen molar-refractivity contribution in [1.29, 1.82) is 0 Å². The molecule has 0 radical (unpaired) electrons. The monoisotopic (exact) mass is 278 g/mol. The third kappa shape index (κ3) is 2.07. The Morgan fingerprint density at radius 1 is 1.29 bits per heavy atom. The van der Waals surface area contributed by atoms with Crippen molar-refractivity contribution in [3.63, 3.8) is 0 Å². The summed E-state index contributed by atoms with van der Waals surface area (Å²) >= 11 is 0. The number of H-pyrrole nitrogens is 1. The number of benzene rings is 1. The number of nitrogens with one attached hydrogen (secondary N) is 1. The normalized spacial score (nSPS) is 14.4. The molecule has 4 heteroatoms. The van der Waals surface area contributed by atoms with Gasteiger partial charge in [-0.05, 0) is 55.7 Å². The van der Waals surface area contributed by atoms with Gasteiger partial charge in [0, 0.05) is 30.5 Å². The molecule has 1 aliphatic heterocycles. The summed E-state index contributed by atoms with van der Waals surface area (Å²) < 4.78 is 0. The molecule has 0 saturated carbocycles. The summed E-state index contributed by atoms with van der Waals surface area (Å²) in [6.07, 6.45) is 4.16. The van der Waals surface area contributed by atoms with E-state index < -0.39 is 0 Å². The van der Waals surface area contributed by atoms with Gasteiger partial charge in [0.15, 0.2) is 5.65 Å². The quantitative estimate of drug-likeness (QED) is 0.781. The van der Waals surface area contributed by atoms with Gasteiger partial charge in [-0.1, -0.05) is 0 Å². The average Bonchev–Trinajstić information content (AvgIpc) is 2.97. The lowest BCUT2D eigenvalue weighted by Gasteiger charge is -2.30. The number of aromatic amines is 1. The molecule has 0 bridgehead atoms. The summed E-state index contributed by atoms with van der Waals surface area (Å²) in [5.41, 5.74) is 5.71. The van der Waals surface area contributed by atoms with Crippen molar-refractivity contribution in [3.8, 4) is 11.4 Å². The van der Waals surface area contributed by atoms with E-state index in [1.54, 1.807) is 6.20 Å². The highest BCUT2D eigenvalue weighted by Crippen LogP contribution is 2.31. The Labute approximate surface area is 123 Å². The number of rotatable bonds is 2. The lowest BCUT2D eigenvalue weighted by Crippen LogP contribution is -2.28. The maximum absolute atomic E-state index is 4.59. The topological polar surface area (TPSA) is 44.8 Å². The van der Waals surface area contributed by atoms with Crippen LogP contribution < -0.4 is 4.90 Å². The van der Waals surface area contributed by atoms with E-state index in [-0.39, 0.29) is 0 Å². The van der Waals surface area contributed by atoms with Crippen LogP contribution in [0, 0.1) is 0 Å². The first-order chi connectivity index (χ1) is 10.3. The molecule has 1 aliphatic rings. The Kier molecular flexibility index (Phi) is 2.88. The number of imidazole rings is 1. The van der Waals surface area contributed by atoms with Crippen molar-refractivity contribution < 1.29 is 0 Å². The molecular weight excluding hydrogens is 260 g/mol. The molecule has 3 aromatic rings. The maximum atomic E-state index is 4.59. The van der Waals surface area contributed by atoms with Crippen LogP contribution in [-0.2, 0) is 6.42 Å². The lowest BCUT2D eigenvalue weighted by atomic mass is 9.99. The van der Waals surface area contributed by atoms with Crippen LogP contribution in [0.4, 0.5) is 5.69 Å². The molecule has 2 aromatic heterocycles. The van der Waals surface area contributed by atoms with E-state index in [0.717, 1.165) is 42.1 Å². The summed E-state index contributed by atoms with van der Waals surface area (Å²) in [4.78, 5) is 14.7. The molecule has 0 spiro atoms. The van der Waals surface area contributed by atoms with Crippen LogP contribution in [0.1, 0.15) is 18.9 Å². The fraction of sp³-hybridized carbons (Fsp3) is 0.294. The highest BCUT2D eigenvalue weighted by atomic mass is 15.1. The van der Waals surface area contributed by atoms with Gasteiger partial charge in [-0.15, -0.1) is 0 Å². The number of fused-ring (bicyclic) bond motifs is 2. The predicted octanol–water partition coefficient (Wildman–Crippen LogP) is 3.40. The molecule has 3 heterocycles. The molecule has 0 unspecified atom stereocenters. The molecule has 0 fully saturated rings. The Bertz CT molecular complexity index is 757. The Balaban J connectivity index is 1.79. The number of pyridine rings is 1. The standard InChI is InChI=1S/C17H18N4/c1-2-21-10-4-5-12-11-13(7-8-15(12)21)16-19-14-6-3-9-18-17(14)20-16/h3,6-9,11H,2,4-5,10H2,1H3,(H,18,19,20). The van der Waals surface area contributed by atoms with Crippen LogP contribution in [0.3, 0.4) is 0 Å². The molecule has 1 N–H and O–H groups in total. The van der Waals surface area contributed by atoms with Crippen LogP contribution in [0.25, 0.3) is 22.6 Å². The lowest BCUT2D eigenvalue weighted by molar-refractivity contribution is 0.708. The van der Waals surface area contributed by atoms with Crippen LogP contribution in [0.5, 0.6) is 0 Å². The first kappa shape index (κ1) is 12.4. The molecule has 0 amide bonds. The van der Waals surface area contributed by atoms with Crippen LogP contribution in [0.2, 0.25) is 0 Å². The van der Waals surface area contributed by atoms with Crippen LogP contribution in [0.15, 0.2) is 36.5 Å². The highest BCUT2D eigenvalue weighted by Gasteiger charge is 2.16. The summed E-state index contributed by atoms with van der Waals surface area (Å²) in [7, 11) is 0. The van der Waals surface area contributed by atoms with Crippen molar-refractivity contribution in [2.75, 3.05) is 18.0 Å². The number of nitrogens with zero attached hydrogens (tertiary/aromatic N) is 3. The van der Waals surface area contributed by atoms with E-state index >= 15 is 0 Å². The molecule has 21 heavy (non-hydrogen) atoms. The van der Waals surface area contributed by atoms with Gasteiger partial charge >= 0.3 is 0 Å². The largest absolute Gasteiger partial charge is 0.372 e. The number of hydrogen-bond acceptors (Lipinski definition) is 3. The number of hydrogen-bond donors (Lipinski definition) is 1. The fourth-order valence-electron chi connectivity index (χ4n) is 3.13. The average molecular weight is 278 g/mol. The second-order valence-electron chi connectivity index (χ2n) is 5.49. The van der Waals surface area contributed by atoms with Crippen molar-refractivity contribution in [1.82, 2.24) is 15.0 Å². The van der Waals surface area contributed by atoms with Gasteiger partial charge in [-0.2, -0.15) is 0 Å². The van der Waals surface area contributed by atoms with Crippen molar-refractivity contribution in [3.05, 3.63) is 42.1 Å². The smallest absolute Gasteiger partial charge is 0.178 e. The third-order valence-electron chi connectivity index (χ3n) is 4.21. The van der Waals surface area contributed by atoms with Gasteiger partial charge in [0.05, 0.1) is 5.52 Å². The first-order valence-electron chi connectivity index (χ1n) is 7.54. The molecule has 106 valence electrons. The van der Waals surface area contributed by atoms with Gasteiger partial charge in [-0.3, -0.25) is 0 Å². The van der Waals surface area contributed by atoms with E-state index in [1.807, 2.05) is 12.1 Å². The van der Waals surface area contributed by atoms with Crippen molar-refractivity contribution in [2.45, 2.75) is 19.8 Å². The highest BCUT2D eigenvalue weighted by molar-refractivity contribution is 5.76. The minimum atomic E-state index is 0.778. The molecule has 0 saturated heterocycles. The summed E-state index contributed by atoms with van der Waals surface area (Å²) in [5.74, 6) is 0.903. The SMILES string of the molecule is CCN1CCCc2cc(-c3nc4ncccc4[nH]3)ccc21. The molecule has 1 aromatic carbocycles. The fourth-order valence-corrected chi connectivity index (χ4v) is 3.13. The number of anilines is 1. The van der Waals surface area contributed by atoms with Gasteiger partial charge < -0.3 is 9.88 Å². The number of aromatic nitrogens is 3. The molecule has 0 aliphatic carbocycles. The van der Waals surface area contributed by atoms with E-state index in [9.17, 15) is 0 Å². The minimum absolute atomic E-state index is 0.778. The summed E-state index contributed by atoms with van der Waals surface area (Å²) in [6.45, 7) is 4.45. The Morgan fingerprint density at radius 3 is 3.10 bits per heavy atom. The van der Waals surface area contributed by atoms with Crippen LogP contribution >= 0.6 is 0 Å².